The van der Waals surface area contributed by atoms with Crippen molar-refractivity contribution in [1.29, 1.82) is 0 Å². The second-order valence-corrected chi connectivity index (χ2v) is 11.1. The van der Waals surface area contributed by atoms with Gasteiger partial charge in [-0.2, -0.15) is 5.10 Å². The Labute approximate surface area is 205 Å². The van der Waals surface area contributed by atoms with Crippen LogP contribution >= 0.6 is 0 Å². The quantitative estimate of drug-likeness (QED) is 0.715. The van der Waals surface area contributed by atoms with Crippen molar-refractivity contribution in [3.63, 3.8) is 0 Å². The molecule has 1 atom stereocenters. The van der Waals surface area contributed by atoms with Crippen LogP contribution in [-0.2, 0) is 19.4 Å². The molecule has 1 aromatic heterocycles. The summed E-state index contributed by atoms with van der Waals surface area (Å²) in [6.45, 7) is 9.30. The summed E-state index contributed by atoms with van der Waals surface area (Å²) in [5, 5.41) is 14.8. The highest BCUT2D eigenvalue weighted by atomic mass is 16.3. The highest BCUT2D eigenvalue weighted by molar-refractivity contribution is 5.94. The summed E-state index contributed by atoms with van der Waals surface area (Å²) in [6, 6.07) is 1.21. The molecule has 1 amide bonds. The van der Waals surface area contributed by atoms with Crippen molar-refractivity contribution in [3.8, 4) is 0 Å². The van der Waals surface area contributed by atoms with Crippen LogP contribution in [-0.4, -0.2) is 93.0 Å². The zero-order valence-corrected chi connectivity index (χ0v) is 21.3. The van der Waals surface area contributed by atoms with Crippen LogP contribution in [0.15, 0.2) is 0 Å². The van der Waals surface area contributed by atoms with E-state index < -0.39 is 0 Å². The average molecular weight is 472 g/mol. The van der Waals surface area contributed by atoms with Crippen LogP contribution in [0.3, 0.4) is 0 Å². The summed E-state index contributed by atoms with van der Waals surface area (Å²) in [5.41, 5.74) is 3.35. The van der Waals surface area contributed by atoms with Crippen molar-refractivity contribution in [1.82, 2.24) is 24.5 Å². The smallest absolute Gasteiger partial charge is 0.274 e. The van der Waals surface area contributed by atoms with E-state index in [0.717, 1.165) is 96.5 Å². The fourth-order valence-corrected chi connectivity index (χ4v) is 6.84. The Kier molecular flexibility index (Phi) is 7.91. The van der Waals surface area contributed by atoms with E-state index in [1.54, 1.807) is 0 Å². The Morgan fingerprint density at radius 3 is 2.21 bits per heavy atom. The van der Waals surface area contributed by atoms with E-state index in [9.17, 15) is 9.90 Å². The predicted molar refractivity (Wildman–Crippen MR) is 134 cm³/mol. The molecular formula is C27H45N5O2. The molecule has 3 aliphatic heterocycles. The van der Waals surface area contributed by atoms with Gasteiger partial charge in [-0.25, -0.2) is 0 Å². The molecule has 1 aromatic rings. The molecule has 4 aliphatic rings. The van der Waals surface area contributed by atoms with E-state index in [2.05, 4.69) is 26.3 Å². The molecule has 1 aliphatic carbocycles. The number of carbonyl (C=O) groups excluding carboxylic acids is 1. The van der Waals surface area contributed by atoms with Crippen LogP contribution in [0.4, 0.5) is 0 Å². The summed E-state index contributed by atoms with van der Waals surface area (Å²) in [5.74, 6) is 0.180. The number of aliphatic hydroxyl groups excluding tert-OH is 1. The third-order valence-corrected chi connectivity index (χ3v) is 8.88. The second-order valence-electron chi connectivity index (χ2n) is 11.1. The maximum atomic E-state index is 13.6. The van der Waals surface area contributed by atoms with Gasteiger partial charge >= 0.3 is 0 Å². The van der Waals surface area contributed by atoms with Crippen LogP contribution in [0.25, 0.3) is 0 Å². The lowest BCUT2D eigenvalue weighted by Crippen LogP contribution is -2.51. The number of fused-ring (bicyclic) bond motifs is 1. The van der Waals surface area contributed by atoms with Gasteiger partial charge in [-0.05, 0) is 77.3 Å². The maximum absolute atomic E-state index is 13.6. The Balaban J connectivity index is 1.26. The molecule has 0 bridgehead atoms. The first-order valence-corrected chi connectivity index (χ1v) is 14.2. The zero-order chi connectivity index (χ0) is 23.5. The minimum absolute atomic E-state index is 0.0902. The standard InChI is InChI=1S/C27H45N5O2/c1-2-13-32-25-8-7-22(30-16-9-21(10-17-30)29-18-11-23(33)12-19-29)20-24(25)26(28-32)27(34)31-14-5-3-4-6-15-31/h21-23,33H,2-20H2,1H3. The van der Waals surface area contributed by atoms with Crippen LogP contribution in [0.2, 0.25) is 0 Å². The monoisotopic (exact) mass is 471 g/mol. The normalized spacial score (nSPS) is 26.4. The van der Waals surface area contributed by atoms with Gasteiger partial charge in [0.05, 0.1) is 6.10 Å². The molecule has 0 saturated carbocycles. The summed E-state index contributed by atoms with van der Waals surface area (Å²) < 4.78 is 2.16. The van der Waals surface area contributed by atoms with Crippen LogP contribution in [0.5, 0.6) is 0 Å². The van der Waals surface area contributed by atoms with Gasteiger partial charge in [-0.1, -0.05) is 19.8 Å². The lowest BCUT2D eigenvalue weighted by Gasteiger charge is -2.44. The largest absolute Gasteiger partial charge is 0.393 e. The van der Waals surface area contributed by atoms with Gasteiger partial charge in [0.2, 0.25) is 0 Å². The number of aryl methyl sites for hydroxylation is 1. The minimum Gasteiger partial charge on any atom is -0.393 e. The van der Waals surface area contributed by atoms with Crippen molar-refractivity contribution in [3.05, 3.63) is 17.0 Å². The first-order valence-electron chi connectivity index (χ1n) is 14.2. The molecule has 7 nitrogen and oxygen atoms in total. The topological polar surface area (TPSA) is 64.8 Å². The third kappa shape index (κ3) is 5.21. The van der Waals surface area contributed by atoms with Crippen LogP contribution in [0.1, 0.15) is 92.9 Å². The van der Waals surface area contributed by atoms with Crippen LogP contribution in [0, 0.1) is 0 Å². The lowest BCUT2D eigenvalue weighted by molar-refractivity contribution is 0.0299. The number of hydrogen-bond donors (Lipinski definition) is 1. The van der Waals surface area contributed by atoms with Crippen molar-refractivity contribution >= 4 is 5.91 Å². The number of aromatic nitrogens is 2. The highest BCUT2D eigenvalue weighted by Crippen LogP contribution is 2.31. The fraction of sp³-hybridized carbons (Fsp3) is 0.852. The maximum Gasteiger partial charge on any atom is 0.274 e. The minimum atomic E-state index is -0.0902. The summed E-state index contributed by atoms with van der Waals surface area (Å²) in [7, 11) is 0. The van der Waals surface area contributed by atoms with Crippen LogP contribution < -0.4 is 0 Å². The van der Waals surface area contributed by atoms with E-state index in [-0.39, 0.29) is 12.0 Å². The molecule has 1 N–H and O–H groups in total. The van der Waals surface area contributed by atoms with Crippen molar-refractivity contribution < 1.29 is 9.90 Å². The molecule has 3 saturated heterocycles. The molecule has 1 unspecified atom stereocenters. The van der Waals surface area contributed by atoms with E-state index in [1.165, 1.54) is 43.4 Å². The van der Waals surface area contributed by atoms with Crippen molar-refractivity contribution in [2.45, 2.75) is 109 Å². The fourth-order valence-electron chi connectivity index (χ4n) is 6.84. The molecule has 4 heterocycles. The van der Waals surface area contributed by atoms with E-state index in [1.807, 2.05) is 0 Å². The zero-order valence-electron chi connectivity index (χ0n) is 21.3. The van der Waals surface area contributed by atoms with E-state index >= 15 is 0 Å². The highest BCUT2D eigenvalue weighted by Gasteiger charge is 2.35. The first kappa shape index (κ1) is 24.3. The molecule has 34 heavy (non-hydrogen) atoms. The second kappa shape index (κ2) is 11.1. The molecule has 7 heteroatoms. The number of rotatable bonds is 5. The molecule has 5 rings (SSSR count). The van der Waals surface area contributed by atoms with Gasteiger partial charge in [0.1, 0.15) is 0 Å². The number of aliphatic hydroxyl groups is 1. The SMILES string of the molecule is CCCn1nc(C(=O)N2CCCCCC2)c2c1CCC(N1CCC(N3CCC(O)CC3)CC1)C2. The number of carbonyl (C=O) groups is 1. The molecule has 0 aromatic carbocycles. The van der Waals surface area contributed by atoms with Gasteiger partial charge in [0.25, 0.3) is 5.91 Å². The Morgan fingerprint density at radius 1 is 0.882 bits per heavy atom. The summed E-state index contributed by atoms with van der Waals surface area (Å²) in [6.07, 6.45) is 13.2. The lowest BCUT2D eigenvalue weighted by atomic mass is 9.88. The average Bonchev–Trinajstić information content (AvgIpc) is 3.03. The summed E-state index contributed by atoms with van der Waals surface area (Å²) >= 11 is 0. The number of nitrogens with zero attached hydrogens (tertiary/aromatic N) is 5. The van der Waals surface area contributed by atoms with Gasteiger partial charge in [-0.3, -0.25) is 14.4 Å². The van der Waals surface area contributed by atoms with Gasteiger partial charge in [0.15, 0.2) is 5.69 Å². The molecular weight excluding hydrogens is 426 g/mol. The Morgan fingerprint density at radius 2 is 1.53 bits per heavy atom. The van der Waals surface area contributed by atoms with Crippen molar-refractivity contribution in [2.75, 3.05) is 39.3 Å². The molecule has 0 spiro atoms. The number of hydrogen-bond acceptors (Lipinski definition) is 5. The van der Waals surface area contributed by atoms with Gasteiger partial charge < -0.3 is 14.9 Å². The van der Waals surface area contributed by atoms with Crippen molar-refractivity contribution in [2.24, 2.45) is 0 Å². The third-order valence-electron chi connectivity index (χ3n) is 8.88. The molecule has 0 radical (unpaired) electrons. The Bertz CT molecular complexity index is 815. The summed E-state index contributed by atoms with van der Waals surface area (Å²) in [4.78, 5) is 21.0. The van der Waals surface area contributed by atoms with E-state index in [0.29, 0.717) is 12.1 Å². The number of amides is 1. The number of likely N-dealkylation sites (tertiary alicyclic amines) is 3. The number of piperidine rings is 2. The Hall–Kier alpha value is -1.44. The molecule has 190 valence electrons. The van der Waals surface area contributed by atoms with E-state index in [4.69, 9.17) is 5.10 Å². The van der Waals surface area contributed by atoms with Gasteiger partial charge in [0, 0.05) is 56.1 Å². The molecule has 3 fully saturated rings. The van der Waals surface area contributed by atoms with Gasteiger partial charge in [-0.15, -0.1) is 0 Å². The predicted octanol–water partition coefficient (Wildman–Crippen LogP) is 3.09. The first-order chi connectivity index (χ1) is 16.6.